The number of rotatable bonds is 7. The van der Waals surface area contributed by atoms with Crippen molar-refractivity contribution in [1.29, 1.82) is 0 Å². The number of nitrogens with zero attached hydrogens (tertiary/aromatic N) is 1. The van der Waals surface area contributed by atoms with Gasteiger partial charge in [-0.3, -0.25) is 9.59 Å². The minimum Gasteiger partial charge on any atom is -0.386 e. The van der Waals surface area contributed by atoms with Gasteiger partial charge >= 0.3 is 0 Å². The molecule has 190 valence electrons. The van der Waals surface area contributed by atoms with Gasteiger partial charge in [-0.05, 0) is 66.8 Å². The van der Waals surface area contributed by atoms with Crippen LogP contribution in [0.5, 0.6) is 0 Å². The molecule has 0 aliphatic heterocycles. The number of fused-ring (bicyclic) bond motifs is 3. The number of benzene rings is 4. The van der Waals surface area contributed by atoms with Gasteiger partial charge in [-0.25, -0.2) is 4.99 Å². The first-order chi connectivity index (χ1) is 18.2. The lowest BCUT2D eigenvalue weighted by atomic mass is 9.89. The number of carbonyl (C=O) groups is 2. The lowest BCUT2D eigenvalue weighted by molar-refractivity contribution is -0.108. The molecule has 0 fully saturated rings. The smallest absolute Gasteiger partial charge is 0.250 e. The molecular weight excluding hydrogens is 476 g/mol. The van der Waals surface area contributed by atoms with Crippen LogP contribution in [0.3, 0.4) is 0 Å². The van der Waals surface area contributed by atoms with E-state index in [1.54, 1.807) is 19.9 Å². The Labute approximate surface area is 220 Å². The van der Waals surface area contributed by atoms with Crippen molar-refractivity contribution in [2.45, 2.75) is 26.4 Å². The van der Waals surface area contributed by atoms with Crippen LogP contribution >= 0.6 is 0 Å². The van der Waals surface area contributed by atoms with Crippen LogP contribution in [0.25, 0.3) is 44.1 Å². The summed E-state index contributed by atoms with van der Waals surface area (Å²) in [6, 6.07) is 23.3. The van der Waals surface area contributed by atoms with Gasteiger partial charge in [0.1, 0.15) is 0 Å². The molecule has 5 aromatic rings. The summed E-state index contributed by atoms with van der Waals surface area (Å²) in [5.41, 5.74) is 13.0. The summed E-state index contributed by atoms with van der Waals surface area (Å²) in [5.74, 6) is -0.517. The molecule has 4 aromatic carbocycles. The Kier molecular flexibility index (Phi) is 6.30. The van der Waals surface area contributed by atoms with Crippen LogP contribution in [-0.2, 0) is 10.4 Å². The summed E-state index contributed by atoms with van der Waals surface area (Å²) in [4.78, 5) is 30.8. The maximum absolute atomic E-state index is 12.3. The summed E-state index contributed by atoms with van der Waals surface area (Å²) in [6.07, 6.45) is 1.94. The minimum atomic E-state index is -1.01. The quantitative estimate of drug-likeness (QED) is 0.129. The van der Waals surface area contributed by atoms with E-state index in [2.05, 4.69) is 28.3 Å². The number of carbonyl (C=O) groups excluding carboxylic acids is 2. The summed E-state index contributed by atoms with van der Waals surface area (Å²) in [5, 5.41) is 14.8. The van der Waals surface area contributed by atoms with Crippen LogP contribution in [0.4, 0.5) is 5.69 Å². The summed E-state index contributed by atoms with van der Waals surface area (Å²) < 4.78 is 0. The summed E-state index contributed by atoms with van der Waals surface area (Å²) >= 11 is 0. The lowest BCUT2D eigenvalue weighted by Gasteiger charge is -2.17. The molecule has 5 N–H and O–H groups in total. The number of hydrogen-bond acceptors (Lipinski definition) is 4. The van der Waals surface area contributed by atoms with E-state index in [1.807, 2.05) is 60.7 Å². The molecule has 2 amide bonds. The molecule has 5 rings (SSSR count). The summed E-state index contributed by atoms with van der Waals surface area (Å²) in [7, 11) is 0. The molecule has 0 saturated heterocycles. The second-order valence-corrected chi connectivity index (χ2v) is 9.76. The second-order valence-electron chi connectivity index (χ2n) is 9.76. The Hall–Kier alpha value is -4.75. The standard InChI is InChI=1S/C31H28N4O3/c1-18-20(22-7-4-5-10-26(22)34-16-33-17-36)8-6-9-21(18)23-13-14-25(30(32)37)29-28(23)24-12-11-19(31(2,3)38)15-27(24)35-29/h4-17,35,38H,1-3H3,(H2,32,37)(H,33,34,36). The van der Waals surface area contributed by atoms with Gasteiger partial charge in [-0.15, -0.1) is 0 Å². The highest BCUT2D eigenvalue weighted by Crippen LogP contribution is 2.41. The minimum absolute atomic E-state index is 0.404. The largest absolute Gasteiger partial charge is 0.386 e. The fraction of sp³-hybridized carbons (Fsp3) is 0.129. The van der Waals surface area contributed by atoms with Crippen molar-refractivity contribution in [2.75, 3.05) is 0 Å². The van der Waals surface area contributed by atoms with Gasteiger partial charge < -0.3 is 21.1 Å². The van der Waals surface area contributed by atoms with Crippen molar-refractivity contribution in [3.63, 3.8) is 0 Å². The Bertz CT molecular complexity index is 1740. The molecule has 0 spiro atoms. The zero-order valence-electron chi connectivity index (χ0n) is 21.4. The molecule has 0 unspecified atom stereocenters. The number of para-hydroxylation sites is 1. The van der Waals surface area contributed by atoms with Gasteiger partial charge in [0.25, 0.3) is 5.91 Å². The van der Waals surface area contributed by atoms with Crippen molar-refractivity contribution >= 4 is 46.1 Å². The molecule has 1 aromatic heterocycles. The second kappa shape index (κ2) is 9.61. The highest BCUT2D eigenvalue weighted by atomic mass is 16.3. The first kappa shape index (κ1) is 24.9. The van der Waals surface area contributed by atoms with Gasteiger partial charge in [0.15, 0.2) is 0 Å². The molecule has 7 heteroatoms. The third-order valence-corrected chi connectivity index (χ3v) is 6.89. The monoisotopic (exact) mass is 504 g/mol. The fourth-order valence-corrected chi connectivity index (χ4v) is 4.99. The topological polar surface area (TPSA) is 121 Å². The van der Waals surface area contributed by atoms with Gasteiger partial charge in [0.2, 0.25) is 6.41 Å². The van der Waals surface area contributed by atoms with Crippen molar-refractivity contribution in [3.05, 3.63) is 89.5 Å². The van der Waals surface area contributed by atoms with Crippen LogP contribution in [0.2, 0.25) is 0 Å². The van der Waals surface area contributed by atoms with E-state index in [0.29, 0.717) is 17.5 Å². The highest BCUT2D eigenvalue weighted by Gasteiger charge is 2.21. The Morgan fingerprint density at radius 1 is 0.974 bits per heavy atom. The van der Waals surface area contributed by atoms with Gasteiger partial charge in [0, 0.05) is 21.9 Å². The number of H-pyrrole nitrogens is 1. The first-order valence-corrected chi connectivity index (χ1v) is 12.2. The Morgan fingerprint density at radius 3 is 2.39 bits per heavy atom. The van der Waals surface area contributed by atoms with Gasteiger partial charge in [-0.1, -0.05) is 54.6 Å². The number of aromatic amines is 1. The number of aliphatic hydroxyl groups is 1. The van der Waals surface area contributed by atoms with Gasteiger partial charge in [0.05, 0.1) is 28.7 Å². The van der Waals surface area contributed by atoms with Crippen LogP contribution in [0.15, 0.2) is 77.8 Å². The molecule has 0 aliphatic rings. The summed E-state index contributed by atoms with van der Waals surface area (Å²) in [6.45, 7) is 5.54. The van der Waals surface area contributed by atoms with Crippen molar-refractivity contribution in [3.8, 4) is 22.3 Å². The molecule has 0 bridgehead atoms. The molecule has 1 heterocycles. The number of nitrogens with one attached hydrogen (secondary N) is 2. The average molecular weight is 505 g/mol. The molecule has 38 heavy (non-hydrogen) atoms. The van der Waals surface area contributed by atoms with E-state index in [9.17, 15) is 14.7 Å². The van der Waals surface area contributed by atoms with Crippen molar-refractivity contribution < 1.29 is 14.7 Å². The van der Waals surface area contributed by atoms with Crippen LogP contribution in [0, 0.1) is 6.92 Å². The number of nitrogens with two attached hydrogens (primary N) is 1. The molecular formula is C31H28N4O3. The van der Waals surface area contributed by atoms with E-state index in [1.165, 1.54) is 6.34 Å². The number of aromatic nitrogens is 1. The van der Waals surface area contributed by atoms with Crippen molar-refractivity contribution in [2.24, 2.45) is 10.7 Å². The highest BCUT2D eigenvalue weighted by molar-refractivity contribution is 6.20. The fourth-order valence-electron chi connectivity index (χ4n) is 4.99. The van der Waals surface area contributed by atoms with Crippen LogP contribution in [-0.4, -0.2) is 28.7 Å². The van der Waals surface area contributed by atoms with Crippen molar-refractivity contribution in [1.82, 2.24) is 10.3 Å². The normalized spacial score (nSPS) is 11.9. The van der Waals surface area contributed by atoms with Crippen LogP contribution in [0.1, 0.15) is 35.3 Å². The zero-order valence-corrected chi connectivity index (χ0v) is 21.4. The maximum atomic E-state index is 12.3. The molecule has 0 saturated carbocycles. The third-order valence-electron chi connectivity index (χ3n) is 6.89. The zero-order chi connectivity index (χ0) is 27.0. The van der Waals surface area contributed by atoms with E-state index in [-0.39, 0.29) is 0 Å². The number of hydrogen-bond donors (Lipinski definition) is 4. The van der Waals surface area contributed by atoms with E-state index in [0.717, 1.165) is 55.4 Å². The van der Waals surface area contributed by atoms with Gasteiger partial charge in [-0.2, -0.15) is 0 Å². The number of primary amides is 1. The molecule has 0 radical (unpaired) electrons. The van der Waals surface area contributed by atoms with E-state index < -0.39 is 11.5 Å². The predicted molar refractivity (Wildman–Crippen MR) is 153 cm³/mol. The Balaban J connectivity index is 1.77. The molecule has 7 nitrogen and oxygen atoms in total. The lowest BCUT2D eigenvalue weighted by Crippen LogP contribution is -2.14. The SMILES string of the molecule is Cc1c(-c2ccccc2N=CNC=O)cccc1-c1ccc(C(N)=O)c2[nH]c3cc(C(C)(C)O)ccc3c12. The first-order valence-electron chi connectivity index (χ1n) is 12.2. The van der Waals surface area contributed by atoms with E-state index in [4.69, 9.17) is 5.73 Å². The molecule has 0 atom stereocenters. The number of amides is 2. The van der Waals surface area contributed by atoms with E-state index >= 15 is 0 Å². The predicted octanol–water partition coefficient (Wildman–Crippen LogP) is 5.70. The number of aliphatic imine (C=N–C) groups is 1. The average Bonchev–Trinajstić information content (AvgIpc) is 3.27. The maximum Gasteiger partial charge on any atom is 0.250 e. The van der Waals surface area contributed by atoms with Crippen LogP contribution < -0.4 is 11.1 Å². The molecule has 0 aliphatic carbocycles. The third kappa shape index (κ3) is 4.33. The Morgan fingerprint density at radius 2 is 1.68 bits per heavy atom.